The number of fused-ring (bicyclic) bond motifs is 3. The third kappa shape index (κ3) is 2.55. The molecule has 0 aliphatic carbocycles. The van der Waals surface area contributed by atoms with Crippen LogP contribution in [0.1, 0.15) is 35.9 Å². The smallest absolute Gasteiger partial charge is 0.275 e. The number of hydrogen-bond donors (Lipinski definition) is 0. The van der Waals surface area contributed by atoms with E-state index in [0.717, 1.165) is 35.3 Å². The van der Waals surface area contributed by atoms with Gasteiger partial charge in [0.25, 0.3) is 0 Å². The van der Waals surface area contributed by atoms with Gasteiger partial charge in [-0.25, -0.2) is 4.79 Å². The summed E-state index contributed by atoms with van der Waals surface area (Å²) in [5.41, 5.74) is -0.691. The number of hydrogen-bond acceptors (Lipinski definition) is 4. The predicted molar refractivity (Wildman–Crippen MR) is 93.4 cm³/mol. The summed E-state index contributed by atoms with van der Waals surface area (Å²) < 4.78 is 0.543. The topological polar surface area (TPSA) is 26.3 Å². The van der Waals surface area contributed by atoms with Crippen LogP contribution in [0, 0.1) is 5.92 Å². The van der Waals surface area contributed by atoms with E-state index < -0.39 is 5.41 Å². The minimum atomic E-state index is -0.691. The molecule has 0 aromatic carbocycles. The van der Waals surface area contributed by atoms with E-state index in [4.69, 9.17) is 4.84 Å². The molecule has 3 aliphatic heterocycles. The highest BCUT2D eigenvalue weighted by Gasteiger charge is 2.49. The maximum atomic E-state index is 13.3. The molecule has 5 rings (SSSR count). The van der Waals surface area contributed by atoms with Crippen LogP contribution in [0.4, 0.5) is 0 Å². The Hall–Kier alpha value is -1.17. The van der Waals surface area contributed by atoms with Gasteiger partial charge in [-0.2, -0.15) is 0 Å². The summed E-state index contributed by atoms with van der Waals surface area (Å²) in [5, 5.41) is 4.07. The molecule has 122 valence electrons. The zero-order valence-corrected chi connectivity index (χ0v) is 15.0. The van der Waals surface area contributed by atoms with Crippen molar-refractivity contribution in [3.63, 3.8) is 0 Å². The van der Waals surface area contributed by atoms with Gasteiger partial charge in [0, 0.05) is 29.0 Å². The molecule has 23 heavy (non-hydrogen) atoms. The van der Waals surface area contributed by atoms with Crippen molar-refractivity contribution < 1.29 is 14.3 Å². The molecule has 5 heteroatoms. The molecule has 5 heterocycles. The average molecular weight is 349 g/mol. The molecule has 0 atom stereocenters. The highest BCUT2D eigenvalue weighted by Crippen LogP contribution is 2.41. The Bertz CT molecular complexity index is 622. The summed E-state index contributed by atoms with van der Waals surface area (Å²) >= 11 is 3.27. The predicted octanol–water partition coefficient (Wildman–Crippen LogP) is 4.20. The fourth-order valence-electron chi connectivity index (χ4n) is 3.87. The number of carbonyl (C=O) groups is 1. The lowest BCUT2D eigenvalue weighted by molar-refractivity contribution is -1.10. The van der Waals surface area contributed by atoms with Gasteiger partial charge in [0.1, 0.15) is 25.0 Å². The molecule has 2 aromatic heterocycles. The Morgan fingerprint density at radius 2 is 1.61 bits per heavy atom. The normalized spacial score (nSPS) is 27.1. The Morgan fingerprint density at radius 3 is 2.04 bits per heavy atom. The monoisotopic (exact) mass is 348 g/mol. The molecule has 0 saturated carbocycles. The van der Waals surface area contributed by atoms with Crippen LogP contribution in [-0.4, -0.2) is 30.2 Å². The van der Waals surface area contributed by atoms with E-state index in [-0.39, 0.29) is 5.97 Å². The average Bonchev–Trinajstić information content (AvgIpc) is 3.29. The van der Waals surface area contributed by atoms with Crippen LogP contribution in [0.15, 0.2) is 35.0 Å². The van der Waals surface area contributed by atoms with Crippen LogP contribution in [0.3, 0.4) is 0 Å². The minimum absolute atomic E-state index is 0.0947. The lowest BCUT2D eigenvalue weighted by atomic mass is 9.86. The number of piperidine rings is 3. The molecule has 0 N–H and O–H groups in total. The molecule has 2 bridgehead atoms. The molecular weight excluding hydrogens is 326 g/mol. The van der Waals surface area contributed by atoms with E-state index >= 15 is 0 Å². The summed E-state index contributed by atoms with van der Waals surface area (Å²) in [6, 6.07) is 8.12. The standard InChI is InChI=1S/C18H22NO2S2/c1-18(15-4-2-12-22-15,16-5-3-13-23-16)17(20)21-19-9-6-14(7-10-19)8-11-19/h2-5,12-14H,6-11H2,1H3/q+1. The molecular formula is C18H22NO2S2+. The van der Waals surface area contributed by atoms with E-state index in [1.807, 2.05) is 41.9 Å². The minimum Gasteiger partial charge on any atom is -0.275 e. The zero-order valence-electron chi connectivity index (χ0n) is 13.4. The second-order valence-corrected chi connectivity index (χ2v) is 8.81. The third-order valence-corrected chi connectivity index (χ3v) is 7.73. The van der Waals surface area contributed by atoms with Crippen LogP contribution in [0.5, 0.6) is 0 Å². The van der Waals surface area contributed by atoms with Gasteiger partial charge in [0.2, 0.25) is 0 Å². The van der Waals surface area contributed by atoms with Crippen LogP contribution in [0.25, 0.3) is 0 Å². The first kappa shape index (κ1) is 15.4. The zero-order chi connectivity index (χ0) is 15.9. The van der Waals surface area contributed by atoms with Gasteiger partial charge in [0.05, 0.1) is 0 Å². The van der Waals surface area contributed by atoms with Gasteiger partial charge in [-0.15, -0.1) is 27.3 Å². The van der Waals surface area contributed by atoms with Crippen molar-refractivity contribution >= 4 is 28.6 Å². The molecule has 3 nitrogen and oxygen atoms in total. The third-order valence-electron chi connectivity index (χ3n) is 5.55. The van der Waals surface area contributed by atoms with E-state index in [1.54, 1.807) is 22.7 Å². The number of carbonyl (C=O) groups excluding carboxylic acids is 1. The molecule has 0 unspecified atom stereocenters. The number of quaternary nitrogens is 1. The molecule has 2 aromatic rings. The summed E-state index contributed by atoms with van der Waals surface area (Å²) in [4.78, 5) is 21.6. The number of hydroxylamine groups is 3. The van der Waals surface area contributed by atoms with E-state index in [1.165, 1.54) is 19.3 Å². The molecule has 0 radical (unpaired) electrons. The highest BCUT2D eigenvalue weighted by molar-refractivity contribution is 7.12. The fourth-order valence-corrected chi connectivity index (χ4v) is 5.72. The lowest BCUT2D eigenvalue weighted by Crippen LogP contribution is -2.60. The summed E-state index contributed by atoms with van der Waals surface area (Å²) in [7, 11) is 0. The molecule has 0 amide bonds. The molecule has 3 fully saturated rings. The Kier molecular flexibility index (Phi) is 3.82. The second-order valence-electron chi connectivity index (χ2n) is 6.92. The first-order valence-electron chi connectivity index (χ1n) is 8.30. The molecule has 0 spiro atoms. The fraction of sp³-hybridized carbons (Fsp3) is 0.500. The quantitative estimate of drug-likeness (QED) is 0.774. The van der Waals surface area contributed by atoms with Gasteiger partial charge < -0.3 is 0 Å². The highest BCUT2D eigenvalue weighted by atomic mass is 32.1. The van der Waals surface area contributed by atoms with Gasteiger partial charge in [-0.1, -0.05) is 12.1 Å². The molecule has 3 saturated heterocycles. The summed E-state index contributed by atoms with van der Waals surface area (Å²) in [6.45, 7) is 4.98. The van der Waals surface area contributed by atoms with Crippen molar-refractivity contribution in [1.82, 2.24) is 0 Å². The number of thiophene rings is 2. The van der Waals surface area contributed by atoms with Crippen molar-refractivity contribution in [2.24, 2.45) is 5.92 Å². The first-order chi connectivity index (χ1) is 11.1. The van der Waals surface area contributed by atoms with Gasteiger partial charge in [-0.3, -0.25) is 4.84 Å². The van der Waals surface area contributed by atoms with Crippen LogP contribution in [-0.2, 0) is 15.0 Å². The van der Waals surface area contributed by atoms with Crippen LogP contribution < -0.4 is 0 Å². The van der Waals surface area contributed by atoms with Crippen molar-refractivity contribution in [3.05, 3.63) is 44.8 Å². The van der Waals surface area contributed by atoms with Gasteiger partial charge in [0.15, 0.2) is 0 Å². The van der Waals surface area contributed by atoms with Crippen LogP contribution in [0.2, 0.25) is 0 Å². The largest absolute Gasteiger partial charge is 0.382 e. The van der Waals surface area contributed by atoms with Gasteiger partial charge in [-0.05, 0) is 35.7 Å². The Balaban J connectivity index is 1.66. The van der Waals surface area contributed by atoms with E-state index in [0.29, 0.717) is 4.65 Å². The summed E-state index contributed by atoms with van der Waals surface area (Å²) in [5.74, 6) is 0.762. The number of nitrogens with zero attached hydrogens (tertiary/aromatic N) is 1. The summed E-state index contributed by atoms with van der Waals surface area (Å²) in [6.07, 6.45) is 3.59. The van der Waals surface area contributed by atoms with E-state index in [9.17, 15) is 4.79 Å². The van der Waals surface area contributed by atoms with Gasteiger partial charge >= 0.3 is 5.97 Å². The van der Waals surface area contributed by atoms with E-state index in [2.05, 4.69) is 0 Å². The van der Waals surface area contributed by atoms with Crippen LogP contribution >= 0.6 is 22.7 Å². The maximum absolute atomic E-state index is 13.3. The lowest BCUT2D eigenvalue weighted by Gasteiger charge is -2.46. The van der Waals surface area contributed by atoms with Crippen molar-refractivity contribution in [1.29, 1.82) is 0 Å². The maximum Gasteiger partial charge on any atom is 0.382 e. The Labute approximate surface area is 145 Å². The second kappa shape index (κ2) is 5.72. The first-order valence-corrected chi connectivity index (χ1v) is 10.1. The van der Waals surface area contributed by atoms with Crippen molar-refractivity contribution in [2.45, 2.75) is 31.6 Å². The van der Waals surface area contributed by atoms with Crippen molar-refractivity contribution in [2.75, 3.05) is 19.6 Å². The SMILES string of the molecule is CC(C(=O)O[N+]12CCC(CC1)CC2)(c1cccs1)c1cccs1. The number of rotatable bonds is 4. The molecule has 3 aliphatic rings. The van der Waals surface area contributed by atoms with Crippen molar-refractivity contribution in [3.8, 4) is 0 Å². The Morgan fingerprint density at radius 1 is 1.09 bits per heavy atom.